The van der Waals surface area contributed by atoms with Gasteiger partial charge in [0.1, 0.15) is 18.2 Å². The van der Waals surface area contributed by atoms with Gasteiger partial charge < -0.3 is 14.4 Å². The highest BCUT2D eigenvalue weighted by molar-refractivity contribution is 8.00. The molecule has 1 aliphatic heterocycles. The van der Waals surface area contributed by atoms with Crippen molar-refractivity contribution in [2.75, 3.05) is 23.9 Å². The number of ether oxygens (including phenoxy) is 2. The lowest BCUT2D eigenvalue weighted by Gasteiger charge is -2.25. The number of carbonyl (C=O) groups excluding carboxylic acids is 1. The Bertz CT molecular complexity index is 966. The zero-order valence-electron chi connectivity index (χ0n) is 14.8. The normalized spacial score (nSPS) is 12.6. The monoisotopic (exact) mass is 432 g/mol. The number of rotatable bonds is 6. The third kappa shape index (κ3) is 4.43. The zero-order chi connectivity index (χ0) is 19.3. The summed E-state index contributed by atoms with van der Waals surface area (Å²) >= 11 is 9.11. The molecule has 5 nitrogen and oxygen atoms in total. The second-order valence-electron chi connectivity index (χ2n) is 5.97. The molecule has 0 atom stereocenters. The van der Waals surface area contributed by atoms with Gasteiger partial charge in [0, 0.05) is 22.8 Å². The Morgan fingerprint density at radius 2 is 2.04 bits per heavy atom. The second-order valence-corrected chi connectivity index (χ2v) is 8.37. The van der Waals surface area contributed by atoms with Crippen LogP contribution in [0.2, 0.25) is 5.02 Å². The van der Waals surface area contributed by atoms with Gasteiger partial charge in [-0.05, 0) is 35.7 Å². The molecule has 3 heterocycles. The van der Waals surface area contributed by atoms with Gasteiger partial charge >= 0.3 is 0 Å². The zero-order valence-corrected chi connectivity index (χ0v) is 17.2. The van der Waals surface area contributed by atoms with E-state index in [-0.39, 0.29) is 11.7 Å². The van der Waals surface area contributed by atoms with Crippen LogP contribution >= 0.6 is 34.7 Å². The molecule has 0 aliphatic carbocycles. The number of anilines is 1. The topological polar surface area (TPSA) is 51.7 Å². The van der Waals surface area contributed by atoms with Crippen LogP contribution in [0.5, 0.6) is 11.5 Å². The Labute approximate surface area is 176 Å². The Morgan fingerprint density at radius 3 is 2.82 bits per heavy atom. The molecule has 1 aliphatic rings. The van der Waals surface area contributed by atoms with Crippen LogP contribution in [0.25, 0.3) is 0 Å². The molecule has 0 bridgehead atoms. The van der Waals surface area contributed by atoms with Gasteiger partial charge in [-0.25, -0.2) is 4.98 Å². The Kier molecular flexibility index (Phi) is 6.04. The van der Waals surface area contributed by atoms with Crippen molar-refractivity contribution in [3.05, 3.63) is 63.9 Å². The van der Waals surface area contributed by atoms with Gasteiger partial charge in [0.15, 0.2) is 11.5 Å². The summed E-state index contributed by atoms with van der Waals surface area (Å²) in [7, 11) is 0. The molecule has 0 unspecified atom stereocenters. The second kappa shape index (κ2) is 8.86. The first-order valence-corrected chi connectivity index (χ1v) is 10.9. The van der Waals surface area contributed by atoms with Crippen LogP contribution in [0.1, 0.15) is 4.88 Å². The number of hydrogen-bond donors (Lipinski definition) is 0. The van der Waals surface area contributed by atoms with E-state index in [4.69, 9.17) is 21.1 Å². The minimum Gasteiger partial charge on any atom is -0.486 e. The number of nitrogens with zero attached hydrogens (tertiary/aromatic N) is 2. The lowest BCUT2D eigenvalue weighted by atomic mass is 10.2. The molecule has 4 rings (SSSR count). The standard InChI is InChI=1S/C20H17ClN2O3S2/c21-16-4-1-7-22-20(16)28-13-19(24)23(12-15-3-2-10-27-15)14-5-6-17-18(11-14)26-9-8-25-17/h1-7,10-11H,8-9,12-13H2. The highest BCUT2D eigenvalue weighted by atomic mass is 35.5. The van der Waals surface area contributed by atoms with E-state index in [0.29, 0.717) is 41.3 Å². The molecular formula is C20H17ClN2O3S2. The number of thioether (sulfide) groups is 1. The number of amides is 1. The van der Waals surface area contributed by atoms with Gasteiger partial charge in [0.2, 0.25) is 5.91 Å². The number of carbonyl (C=O) groups is 1. The molecule has 1 amide bonds. The van der Waals surface area contributed by atoms with Gasteiger partial charge in [-0.2, -0.15) is 0 Å². The summed E-state index contributed by atoms with van der Waals surface area (Å²) in [5.74, 6) is 1.56. The molecule has 0 saturated heterocycles. The Hall–Kier alpha value is -2.22. The van der Waals surface area contributed by atoms with Crippen LogP contribution in [-0.4, -0.2) is 29.9 Å². The first kappa shape index (κ1) is 19.1. The number of benzene rings is 1. The number of pyridine rings is 1. The third-order valence-corrected chi connectivity index (χ3v) is 6.36. The molecule has 8 heteroatoms. The van der Waals surface area contributed by atoms with Crippen molar-refractivity contribution in [1.29, 1.82) is 0 Å². The van der Waals surface area contributed by atoms with Crippen molar-refractivity contribution in [3.8, 4) is 11.5 Å². The van der Waals surface area contributed by atoms with Crippen molar-refractivity contribution in [2.24, 2.45) is 0 Å². The van der Waals surface area contributed by atoms with Crippen LogP contribution in [0.4, 0.5) is 5.69 Å². The maximum absolute atomic E-state index is 13.1. The number of hydrogen-bond acceptors (Lipinski definition) is 6. The predicted molar refractivity (Wildman–Crippen MR) is 113 cm³/mol. The lowest BCUT2D eigenvalue weighted by Crippen LogP contribution is -2.31. The summed E-state index contributed by atoms with van der Waals surface area (Å²) in [6.45, 7) is 1.53. The summed E-state index contributed by atoms with van der Waals surface area (Å²) in [6.07, 6.45) is 1.67. The molecule has 0 fully saturated rings. The van der Waals surface area contributed by atoms with Crippen molar-refractivity contribution in [1.82, 2.24) is 4.98 Å². The number of fused-ring (bicyclic) bond motifs is 1. The van der Waals surface area contributed by atoms with E-state index in [1.807, 2.05) is 35.7 Å². The van der Waals surface area contributed by atoms with E-state index >= 15 is 0 Å². The molecule has 144 valence electrons. The first-order valence-electron chi connectivity index (χ1n) is 8.66. The summed E-state index contributed by atoms with van der Waals surface area (Å²) in [4.78, 5) is 20.2. The van der Waals surface area contributed by atoms with E-state index in [2.05, 4.69) is 4.98 Å². The van der Waals surface area contributed by atoms with Crippen molar-refractivity contribution < 1.29 is 14.3 Å². The molecule has 2 aromatic heterocycles. The molecular weight excluding hydrogens is 416 g/mol. The molecule has 28 heavy (non-hydrogen) atoms. The average molecular weight is 433 g/mol. The van der Waals surface area contributed by atoms with Gasteiger partial charge in [0.05, 0.1) is 17.3 Å². The van der Waals surface area contributed by atoms with Gasteiger partial charge in [-0.1, -0.05) is 29.4 Å². The molecule has 0 N–H and O–H groups in total. The smallest absolute Gasteiger partial charge is 0.237 e. The highest BCUT2D eigenvalue weighted by Crippen LogP contribution is 2.35. The summed E-state index contributed by atoms with van der Waals surface area (Å²) < 4.78 is 11.3. The minimum atomic E-state index is -0.0307. The lowest BCUT2D eigenvalue weighted by molar-refractivity contribution is -0.116. The van der Waals surface area contributed by atoms with Crippen molar-refractivity contribution in [2.45, 2.75) is 11.6 Å². The number of halogens is 1. The molecule has 3 aromatic rings. The molecule has 0 radical (unpaired) electrons. The van der Waals surface area contributed by atoms with Crippen LogP contribution in [0, 0.1) is 0 Å². The van der Waals surface area contributed by atoms with E-state index in [1.54, 1.807) is 34.6 Å². The summed E-state index contributed by atoms with van der Waals surface area (Å²) in [6, 6.07) is 13.1. The predicted octanol–water partition coefficient (Wildman–Crippen LogP) is 4.89. The fourth-order valence-electron chi connectivity index (χ4n) is 2.77. The van der Waals surface area contributed by atoms with E-state index in [1.165, 1.54) is 11.8 Å². The van der Waals surface area contributed by atoms with Gasteiger partial charge in [0.25, 0.3) is 0 Å². The van der Waals surface area contributed by atoms with E-state index in [9.17, 15) is 4.79 Å². The third-order valence-electron chi connectivity index (χ3n) is 4.09. The average Bonchev–Trinajstić information content (AvgIpc) is 3.24. The van der Waals surface area contributed by atoms with Crippen molar-refractivity contribution in [3.63, 3.8) is 0 Å². The highest BCUT2D eigenvalue weighted by Gasteiger charge is 2.21. The summed E-state index contributed by atoms with van der Waals surface area (Å²) in [5, 5.41) is 3.20. The SMILES string of the molecule is O=C(CSc1ncccc1Cl)N(Cc1cccs1)c1ccc2c(c1)OCCO2. The van der Waals surface area contributed by atoms with Gasteiger partial charge in [-0.15, -0.1) is 11.3 Å². The molecule has 1 aromatic carbocycles. The van der Waals surface area contributed by atoms with Crippen LogP contribution in [0.3, 0.4) is 0 Å². The summed E-state index contributed by atoms with van der Waals surface area (Å²) in [5.41, 5.74) is 0.773. The quantitative estimate of drug-likeness (QED) is 0.519. The first-order chi connectivity index (χ1) is 13.7. The fraction of sp³-hybridized carbons (Fsp3) is 0.200. The molecule has 0 spiro atoms. The van der Waals surface area contributed by atoms with Crippen LogP contribution in [-0.2, 0) is 11.3 Å². The largest absolute Gasteiger partial charge is 0.486 e. The van der Waals surface area contributed by atoms with Crippen molar-refractivity contribution >= 4 is 46.3 Å². The maximum atomic E-state index is 13.1. The fourth-order valence-corrected chi connectivity index (χ4v) is 4.50. The van der Waals surface area contributed by atoms with Gasteiger partial charge in [-0.3, -0.25) is 4.79 Å². The number of aromatic nitrogens is 1. The van der Waals surface area contributed by atoms with E-state index in [0.717, 1.165) is 10.6 Å². The maximum Gasteiger partial charge on any atom is 0.237 e. The van der Waals surface area contributed by atoms with Crippen LogP contribution in [0.15, 0.2) is 59.1 Å². The Balaban J connectivity index is 1.56. The van der Waals surface area contributed by atoms with E-state index < -0.39 is 0 Å². The minimum absolute atomic E-state index is 0.0307. The van der Waals surface area contributed by atoms with Crippen LogP contribution < -0.4 is 14.4 Å². The number of thiophene rings is 1. The molecule has 0 saturated carbocycles. The Morgan fingerprint density at radius 1 is 1.18 bits per heavy atom.